The molecule has 2 atom stereocenters. The van der Waals surface area contributed by atoms with Crippen molar-refractivity contribution in [2.75, 3.05) is 0 Å². The minimum absolute atomic E-state index is 0.241. The van der Waals surface area contributed by atoms with E-state index in [1.54, 1.807) is 0 Å². The average Bonchev–Trinajstić information content (AvgIpc) is 3.12. The van der Waals surface area contributed by atoms with Crippen molar-refractivity contribution in [3.05, 3.63) is 58.9 Å². The van der Waals surface area contributed by atoms with Crippen LogP contribution in [0, 0.1) is 17.2 Å². The van der Waals surface area contributed by atoms with Crippen LogP contribution in [-0.4, -0.2) is 22.0 Å². The number of aromatic nitrogens is 1. The van der Waals surface area contributed by atoms with Gasteiger partial charge in [-0.05, 0) is 23.6 Å². The third kappa shape index (κ3) is 2.33. The molecule has 6 nitrogen and oxygen atoms in total. The molecule has 0 spiro atoms. The maximum atomic E-state index is 12.3. The number of hydrogen-bond acceptors (Lipinski definition) is 3. The summed E-state index contributed by atoms with van der Waals surface area (Å²) in [6.45, 7) is 0. The number of amides is 1. The number of carbonyl (C=O) groups is 2. The van der Waals surface area contributed by atoms with Crippen molar-refractivity contribution in [2.24, 2.45) is 5.92 Å². The SMILES string of the molecule is N#Cc1c[nH]c(C(=O)NC2c3ccccc3CC2C(=O)O)c1. The number of aromatic amines is 1. The topological polar surface area (TPSA) is 106 Å². The van der Waals surface area contributed by atoms with E-state index in [2.05, 4.69) is 10.3 Å². The van der Waals surface area contributed by atoms with E-state index in [0.717, 1.165) is 11.1 Å². The predicted molar refractivity (Wildman–Crippen MR) is 77.0 cm³/mol. The van der Waals surface area contributed by atoms with Gasteiger partial charge in [0, 0.05) is 6.20 Å². The Morgan fingerprint density at radius 3 is 2.82 bits per heavy atom. The lowest BCUT2D eigenvalue weighted by molar-refractivity contribution is -0.142. The van der Waals surface area contributed by atoms with E-state index >= 15 is 0 Å². The van der Waals surface area contributed by atoms with Gasteiger partial charge in [-0.1, -0.05) is 24.3 Å². The van der Waals surface area contributed by atoms with Crippen LogP contribution in [0.5, 0.6) is 0 Å². The maximum absolute atomic E-state index is 12.3. The van der Waals surface area contributed by atoms with Gasteiger partial charge in [0.05, 0.1) is 17.5 Å². The first kappa shape index (κ1) is 13.9. The molecule has 1 heterocycles. The summed E-state index contributed by atoms with van der Waals surface area (Å²) in [6.07, 6.45) is 1.83. The number of fused-ring (bicyclic) bond motifs is 1. The maximum Gasteiger partial charge on any atom is 0.309 e. The van der Waals surface area contributed by atoms with E-state index in [0.29, 0.717) is 12.0 Å². The van der Waals surface area contributed by atoms with E-state index in [-0.39, 0.29) is 5.69 Å². The monoisotopic (exact) mass is 295 g/mol. The molecule has 0 saturated carbocycles. The van der Waals surface area contributed by atoms with Crippen LogP contribution in [0.4, 0.5) is 0 Å². The van der Waals surface area contributed by atoms with Crippen LogP contribution in [0.1, 0.15) is 33.2 Å². The summed E-state index contributed by atoms with van der Waals surface area (Å²) < 4.78 is 0. The molecule has 2 unspecified atom stereocenters. The number of carbonyl (C=O) groups excluding carboxylic acids is 1. The third-order valence-corrected chi connectivity index (χ3v) is 3.89. The molecule has 22 heavy (non-hydrogen) atoms. The number of benzene rings is 1. The lowest BCUT2D eigenvalue weighted by Gasteiger charge is -2.18. The molecule has 6 heteroatoms. The molecule has 110 valence electrons. The zero-order chi connectivity index (χ0) is 15.7. The molecule has 0 bridgehead atoms. The van der Waals surface area contributed by atoms with Gasteiger partial charge in [-0.2, -0.15) is 5.26 Å². The summed E-state index contributed by atoms with van der Waals surface area (Å²) >= 11 is 0. The third-order valence-electron chi connectivity index (χ3n) is 3.89. The number of aliphatic carboxylic acids is 1. The van der Waals surface area contributed by atoms with Crippen LogP contribution >= 0.6 is 0 Å². The highest BCUT2D eigenvalue weighted by Gasteiger charge is 2.38. The first-order chi connectivity index (χ1) is 10.6. The number of carboxylic acids is 1. The number of nitrogens with one attached hydrogen (secondary N) is 2. The Morgan fingerprint density at radius 1 is 1.36 bits per heavy atom. The fourth-order valence-corrected chi connectivity index (χ4v) is 2.81. The minimum atomic E-state index is -0.939. The molecule has 1 aliphatic rings. The van der Waals surface area contributed by atoms with Gasteiger partial charge in [0.2, 0.25) is 0 Å². The van der Waals surface area contributed by atoms with Gasteiger partial charge in [0.15, 0.2) is 0 Å². The molecule has 0 saturated heterocycles. The summed E-state index contributed by atoms with van der Waals surface area (Å²) in [6, 6.07) is 10.2. The molecular weight excluding hydrogens is 282 g/mol. The van der Waals surface area contributed by atoms with Crippen LogP contribution in [0.2, 0.25) is 0 Å². The first-order valence-corrected chi connectivity index (χ1v) is 6.80. The lowest BCUT2D eigenvalue weighted by Crippen LogP contribution is -2.34. The Balaban J connectivity index is 1.87. The highest BCUT2D eigenvalue weighted by Crippen LogP contribution is 2.36. The summed E-state index contributed by atoms with van der Waals surface area (Å²) in [4.78, 5) is 26.4. The van der Waals surface area contributed by atoms with Crippen molar-refractivity contribution in [3.63, 3.8) is 0 Å². The van der Waals surface area contributed by atoms with Gasteiger partial charge < -0.3 is 15.4 Å². The van der Waals surface area contributed by atoms with E-state index in [1.165, 1.54) is 12.3 Å². The zero-order valence-corrected chi connectivity index (χ0v) is 11.5. The highest BCUT2D eigenvalue weighted by atomic mass is 16.4. The number of nitriles is 1. The highest BCUT2D eigenvalue weighted by molar-refractivity contribution is 5.93. The van der Waals surface area contributed by atoms with E-state index in [1.807, 2.05) is 30.3 Å². The molecule has 2 aromatic rings. The van der Waals surface area contributed by atoms with Crippen molar-refractivity contribution >= 4 is 11.9 Å². The number of hydrogen-bond donors (Lipinski definition) is 3. The molecule has 0 radical (unpaired) electrons. The van der Waals surface area contributed by atoms with Crippen LogP contribution in [0.15, 0.2) is 36.5 Å². The second-order valence-corrected chi connectivity index (χ2v) is 5.21. The minimum Gasteiger partial charge on any atom is -0.481 e. The first-order valence-electron chi connectivity index (χ1n) is 6.80. The van der Waals surface area contributed by atoms with Crippen LogP contribution in [-0.2, 0) is 11.2 Å². The van der Waals surface area contributed by atoms with Crippen molar-refractivity contribution in [2.45, 2.75) is 12.5 Å². The fourth-order valence-electron chi connectivity index (χ4n) is 2.81. The summed E-state index contributed by atoms with van der Waals surface area (Å²) in [5.41, 5.74) is 2.36. The van der Waals surface area contributed by atoms with Crippen LogP contribution < -0.4 is 5.32 Å². The number of nitrogens with zero attached hydrogens (tertiary/aromatic N) is 1. The summed E-state index contributed by atoms with van der Waals surface area (Å²) in [7, 11) is 0. The smallest absolute Gasteiger partial charge is 0.309 e. The zero-order valence-electron chi connectivity index (χ0n) is 11.5. The molecule has 1 aliphatic carbocycles. The second kappa shape index (κ2) is 5.37. The van der Waals surface area contributed by atoms with E-state index < -0.39 is 23.8 Å². The molecule has 1 aromatic heterocycles. The molecule has 0 fully saturated rings. The van der Waals surface area contributed by atoms with Gasteiger partial charge in [-0.3, -0.25) is 9.59 Å². The Kier molecular flexibility index (Phi) is 3.39. The number of H-pyrrole nitrogens is 1. The largest absolute Gasteiger partial charge is 0.481 e. The number of carboxylic acid groups (broad SMARTS) is 1. The quantitative estimate of drug-likeness (QED) is 0.799. The molecule has 0 aliphatic heterocycles. The molecular formula is C16H13N3O3. The Labute approximate surface area is 126 Å². The standard InChI is InChI=1S/C16H13N3O3/c17-7-9-5-13(18-8-9)15(20)19-14-11-4-2-1-3-10(11)6-12(14)16(21)22/h1-5,8,12,14,18H,6H2,(H,19,20)(H,21,22). The lowest BCUT2D eigenvalue weighted by atomic mass is 10.0. The van der Waals surface area contributed by atoms with Crippen molar-refractivity contribution < 1.29 is 14.7 Å². The summed E-state index contributed by atoms with van der Waals surface area (Å²) in [5.74, 6) is -2.05. The molecule has 1 amide bonds. The van der Waals surface area contributed by atoms with Crippen molar-refractivity contribution in [3.8, 4) is 6.07 Å². The van der Waals surface area contributed by atoms with Crippen LogP contribution in [0.25, 0.3) is 0 Å². The number of rotatable bonds is 3. The normalized spacial score (nSPS) is 19.2. The molecule has 3 rings (SSSR count). The Bertz CT molecular complexity index is 788. The van der Waals surface area contributed by atoms with Gasteiger partial charge in [-0.25, -0.2) is 0 Å². The molecule has 1 aromatic carbocycles. The van der Waals surface area contributed by atoms with Gasteiger partial charge in [-0.15, -0.1) is 0 Å². The molecule has 3 N–H and O–H groups in total. The Morgan fingerprint density at radius 2 is 2.14 bits per heavy atom. The van der Waals surface area contributed by atoms with Crippen molar-refractivity contribution in [1.29, 1.82) is 5.26 Å². The summed E-state index contributed by atoms with van der Waals surface area (Å²) in [5, 5.41) is 20.9. The average molecular weight is 295 g/mol. The second-order valence-electron chi connectivity index (χ2n) is 5.21. The van der Waals surface area contributed by atoms with Gasteiger partial charge in [0.25, 0.3) is 5.91 Å². The van der Waals surface area contributed by atoms with E-state index in [9.17, 15) is 14.7 Å². The van der Waals surface area contributed by atoms with Gasteiger partial charge >= 0.3 is 5.97 Å². The van der Waals surface area contributed by atoms with E-state index in [4.69, 9.17) is 5.26 Å². The fraction of sp³-hybridized carbons (Fsp3) is 0.188. The van der Waals surface area contributed by atoms with Crippen molar-refractivity contribution in [1.82, 2.24) is 10.3 Å². The van der Waals surface area contributed by atoms with Crippen LogP contribution in [0.3, 0.4) is 0 Å². The van der Waals surface area contributed by atoms with Gasteiger partial charge in [0.1, 0.15) is 11.8 Å². The Hall–Kier alpha value is -3.07. The predicted octanol–water partition coefficient (Wildman–Crippen LogP) is 1.61.